The van der Waals surface area contributed by atoms with Gasteiger partial charge in [0.25, 0.3) is 0 Å². The molecule has 1 aromatic rings. The molecule has 0 aliphatic carbocycles. The summed E-state index contributed by atoms with van der Waals surface area (Å²) in [6.07, 6.45) is 4.77. The molecular formula is C14H16N2O2. The number of carbonyl (C=O) groups excluding carboxylic acids is 2. The van der Waals surface area contributed by atoms with Crippen molar-refractivity contribution in [2.75, 3.05) is 6.54 Å². The van der Waals surface area contributed by atoms with Crippen molar-refractivity contribution >= 4 is 17.9 Å². The predicted molar refractivity (Wildman–Crippen MR) is 69.7 cm³/mol. The van der Waals surface area contributed by atoms with Gasteiger partial charge in [-0.3, -0.25) is 14.9 Å². The van der Waals surface area contributed by atoms with Crippen molar-refractivity contribution < 1.29 is 9.59 Å². The Morgan fingerprint density at radius 2 is 2.22 bits per heavy atom. The molecule has 1 aliphatic rings. The Labute approximate surface area is 106 Å². The zero-order valence-corrected chi connectivity index (χ0v) is 10.1. The minimum atomic E-state index is -0.228. The smallest absolute Gasteiger partial charge is 0.234 e. The van der Waals surface area contributed by atoms with E-state index >= 15 is 0 Å². The van der Waals surface area contributed by atoms with Crippen LogP contribution in [0.5, 0.6) is 0 Å². The van der Waals surface area contributed by atoms with Gasteiger partial charge in [-0.05, 0) is 17.5 Å². The fourth-order valence-electron chi connectivity index (χ4n) is 2.10. The number of nitrogens with two attached hydrogens (primary N) is 1. The van der Waals surface area contributed by atoms with Crippen molar-refractivity contribution in [2.45, 2.75) is 18.8 Å². The number of nitrogens with one attached hydrogen (secondary N) is 1. The summed E-state index contributed by atoms with van der Waals surface area (Å²) in [4.78, 5) is 22.9. The number of rotatable bonds is 3. The lowest BCUT2D eigenvalue weighted by Gasteiger charge is -2.21. The average molecular weight is 244 g/mol. The number of hydrogen-bond acceptors (Lipinski definition) is 3. The molecule has 2 amide bonds. The monoisotopic (exact) mass is 244 g/mol. The van der Waals surface area contributed by atoms with E-state index < -0.39 is 0 Å². The van der Waals surface area contributed by atoms with Crippen LogP contribution in [0.4, 0.5) is 0 Å². The van der Waals surface area contributed by atoms with E-state index in [2.05, 4.69) is 5.32 Å². The molecule has 1 unspecified atom stereocenters. The van der Waals surface area contributed by atoms with Crippen LogP contribution < -0.4 is 11.1 Å². The lowest BCUT2D eigenvalue weighted by Crippen LogP contribution is -2.39. The van der Waals surface area contributed by atoms with Gasteiger partial charge < -0.3 is 5.73 Å². The summed E-state index contributed by atoms with van der Waals surface area (Å²) in [5.74, 6) is -0.615. The molecule has 1 fully saturated rings. The number of piperidine rings is 1. The van der Waals surface area contributed by atoms with Gasteiger partial charge in [-0.2, -0.15) is 0 Å². The van der Waals surface area contributed by atoms with E-state index in [1.165, 1.54) is 0 Å². The second-order valence-electron chi connectivity index (χ2n) is 4.31. The quantitative estimate of drug-likeness (QED) is 0.784. The minimum Gasteiger partial charge on any atom is -0.327 e. The van der Waals surface area contributed by atoms with Crippen LogP contribution in [-0.2, 0) is 9.59 Å². The molecule has 94 valence electrons. The maximum absolute atomic E-state index is 11.8. The van der Waals surface area contributed by atoms with Gasteiger partial charge in [0, 0.05) is 13.0 Å². The maximum atomic E-state index is 11.8. The summed E-state index contributed by atoms with van der Waals surface area (Å²) in [7, 11) is 0. The van der Waals surface area contributed by atoms with Gasteiger partial charge in [0.2, 0.25) is 11.8 Å². The zero-order valence-electron chi connectivity index (χ0n) is 10.1. The normalized spacial score (nSPS) is 20.2. The van der Waals surface area contributed by atoms with Gasteiger partial charge in [0.05, 0.1) is 5.92 Å². The molecule has 1 aliphatic heterocycles. The molecular weight excluding hydrogens is 228 g/mol. The summed E-state index contributed by atoms with van der Waals surface area (Å²) in [5, 5.41) is 2.37. The molecule has 4 nitrogen and oxygen atoms in total. The lowest BCUT2D eigenvalue weighted by atomic mass is 9.89. The molecule has 0 aromatic heterocycles. The predicted octanol–water partition coefficient (Wildman–Crippen LogP) is 1.18. The molecule has 18 heavy (non-hydrogen) atoms. The summed E-state index contributed by atoms with van der Waals surface area (Å²) >= 11 is 0. The highest BCUT2D eigenvalue weighted by Gasteiger charge is 2.27. The third kappa shape index (κ3) is 2.84. The van der Waals surface area contributed by atoms with Crippen LogP contribution in [-0.4, -0.2) is 18.4 Å². The average Bonchev–Trinajstić information content (AvgIpc) is 2.36. The highest BCUT2D eigenvalue weighted by molar-refractivity contribution is 6.00. The van der Waals surface area contributed by atoms with Crippen molar-refractivity contribution in [3.8, 4) is 0 Å². The molecule has 2 rings (SSSR count). The molecule has 0 radical (unpaired) electrons. The van der Waals surface area contributed by atoms with Crippen LogP contribution in [0.3, 0.4) is 0 Å². The van der Waals surface area contributed by atoms with E-state index in [1.807, 2.05) is 36.4 Å². The van der Waals surface area contributed by atoms with Gasteiger partial charge in [0.1, 0.15) is 0 Å². The fourth-order valence-corrected chi connectivity index (χ4v) is 2.10. The van der Waals surface area contributed by atoms with Crippen LogP contribution in [0.1, 0.15) is 29.9 Å². The Hall–Kier alpha value is -1.94. The Morgan fingerprint density at radius 3 is 2.94 bits per heavy atom. The van der Waals surface area contributed by atoms with Gasteiger partial charge in [0.15, 0.2) is 0 Å². The molecule has 0 spiro atoms. The summed E-state index contributed by atoms with van der Waals surface area (Å²) in [6, 6.07) is 7.75. The second kappa shape index (κ2) is 5.60. The molecule has 1 heterocycles. The molecule has 1 atom stereocenters. The van der Waals surface area contributed by atoms with E-state index in [-0.39, 0.29) is 17.7 Å². The first kappa shape index (κ1) is 12.5. The first-order chi connectivity index (χ1) is 8.70. The summed E-state index contributed by atoms with van der Waals surface area (Å²) in [6.45, 7) is 0.489. The Bertz CT molecular complexity index is 494. The van der Waals surface area contributed by atoms with Crippen LogP contribution in [0, 0.1) is 0 Å². The molecule has 0 saturated carbocycles. The van der Waals surface area contributed by atoms with Crippen molar-refractivity contribution in [3.05, 3.63) is 41.5 Å². The number of benzene rings is 1. The number of amides is 2. The first-order valence-corrected chi connectivity index (χ1v) is 6.01. The molecule has 0 bridgehead atoms. The Morgan fingerprint density at radius 1 is 1.39 bits per heavy atom. The Balaban J connectivity index is 2.20. The third-order valence-corrected chi connectivity index (χ3v) is 3.00. The highest BCUT2D eigenvalue weighted by Crippen LogP contribution is 2.25. The third-order valence-electron chi connectivity index (χ3n) is 3.00. The van der Waals surface area contributed by atoms with Crippen molar-refractivity contribution in [1.82, 2.24) is 5.32 Å². The molecule has 4 heteroatoms. The van der Waals surface area contributed by atoms with Crippen LogP contribution in [0.2, 0.25) is 0 Å². The van der Waals surface area contributed by atoms with Gasteiger partial charge in [-0.25, -0.2) is 0 Å². The minimum absolute atomic E-state index is 0.185. The fraction of sp³-hybridized carbons (Fsp3) is 0.286. The van der Waals surface area contributed by atoms with E-state index in [1.54, 1.807) is 0 Å². The van der Waals surface area contributed by atoms with Gasteiger partial charge in [-0.15, -0.1) is 0 Å². The molecule has 1 aromatic carbocycles. The number of carbonyl (C=O) groups is 2. The number of imide groups is 1. The lowest BCUT2D eigenvalue weighted by molar-refractivity contribution is -0.134. The largest absolute Gasteiger partial charge is 0.327 e. The maximum Gasteiger partial charge on any atom is 0.234 e. The summed E-state index contributed by atoms with van der Waals surface area (Å²) in [5.41, 5.74) is 7.37. The highest BCUT2D eigenvalue weighted by atomic mass is 16.2. The zero-order chi connectivity index (χ0) is 13.0. The number of hydrogen-bond donors (Lipinski definition) is 2. The van der Waals surface area contributed by atoms with Gasteiger partial charge >= 0.3 is 0 Å². The van der Waals surface area contributed by atoms with Gasteiger partial charge in [-0.1, -0.05) is 36.4 Å². The van der Waals surface area contributed by atoms with E-state index in [4.69, 9.17) is 5.73 Å². The van der Waals surface area contributed by atoms with Crippen LogP contribution in [0.15, 0.2) is 30.3 Å². The summed E-state index contributed by atoms with van der Waals surface area (Å²) < 4.78 is 0. The van der Waals surface area contributed by atoms with Crippen LogP contribution in [0.25, 0.3) is 6.08 Å². The second-order valence-corrected chi connectivity index (χ2v) is 4.31. The van der Waals surface area contributed by atoms with Crippen molar-refractivity contribution in [3.63, 3.8) is 0 Å². The molecule has 1 saturated heterocycles. The molecule has 3 N–H and O–H groups in total. The van der Waals surface area contributed by atoms with E-state index in [9.17, 15) is 9.59 Å². The van der Waals surface area contributed by atoms with Crippen molar-refractivity contribution in [2.24, 2.45) is 5.73 Å². The topological polar surface area (TPSA) is 72.2 Å². The standard InChI is InChI=1S/C14H16N2O2/c15-8-2-4-10-3-1-5-11(9-10)12-6-7-13(17)16-14(12)18/h1-5,9,12H,6-8,15H2,(H,16,17,18)/b4-2+. The van der Waals surface area contributed by atoms with Crippen molar-refractivity contribution in [1.29, 1.82) is 0 Å². The SMILES string of the molecule is NC/C=C/c1cccc(C2CCC(=O)NC2=O)c1. The Kier molecular flexibility index (Phi) is 3.89. The van der Waals surface area contributed by atoms with Crippen LogP contribution >= 0.6 is 0 Å². The van der Waals surface area contributed by atoms with E-state index in [0.717, 1.165) is 11.1 Å². The first-order valence-electron chi connectivity index (χ1n) is 6.01. The van der Waals surface area contributed by atoms with E-state index in [0.29, 0.717) is 19.4 Å².